The monoisotopic (exact) mass is 305 g/mol. The molecule has 0 aliphatic carbocycles. The van der Waals surface area contributed by atoms with Crippen LogP contribution in [0.3, 0.4) is 0 Å². The Kier molecular flexibility index (Phi) is 5.51. The molecule has 0 radical (unpaired) electrons. The van der Waals surface area contributed by atoms with Gasteiger partial charge in [-0.1, -0.05) is 46.8 Å². The lowest BCUT2D eigenvalue weighted by molar-refractivity contribution is 0.0338. The second-order valence-corrected chi connectivity index (χ2v) is 7.55. The molecule has 0 aromatic heterocycles. The van der Waals surface area contributed by atoms with Crippen LogP contribution in [0.2, 0.25) is 0 Å². The number of hydrogen-bond donors (Lipinski definition) is 0. The van der Waals surface area contributed by atoms with Crippen molar-refractivity contribution in [1.29, 1.82) is 0 Å². The Morgan fingerprint density at radius 3 is 2.32 bits per heavy atom. The van der Waals surface area contributed by atoms with Gasteiger partial charge in [-0.15, -0.1) is 0 Å². The zero-order chi connectivity index (χ0) is 16.3. The molecule has 3 heteroatoms. The summed E-state index contributed by atoms with van der Waals surface area (Å²) in [4.78, 5) is 2.46. The lowest BCUT2D eigenvalue weighted by Gasteiger charge is -2.30. The lowest BCUT2D eigenvalue weighted by Crippen LogP contribution is -2.35. The average Bonchev–Trinajstić information content (AvgIpc) is 2.46. The second kappa shape index (κ2) is 7.01. The Balaban J connectivity index is 2.41. The average molecular weight is 305 g/mol. The number of morpholine rings is 1. The first-order chi connectivity index (χ1) is 10.3. The predicted molar refractivity (Wildman–Crippen MR) is 91.9 cm³/mol. The smallest absolute Gasteiger partial charge is 0.126 e. The quantitative estimate of drug-likeness (QED) is 0.841. The molecule has 0 saturated carbocycles. The highest BCUT2D eigenvalue weighted by molar-refractivity contribution is 5.48. The van der Waals surface area contributed by atoms with Gasteiger partial charge in [0.05, 0.1) is 20.3 Å². The fourth-order valence-electron chi connectivity index (χ4n) is 2.94. The van der Waals surface area contributed by atoms with Crippen LogP contribution in [0.25, 0.3) is 0 Å². The van der Waals surface area contributed by atoms with Crippen molar-refractivity contribution in [2.75, 3.05) is 33.4 Å². The maximum Gasteiger partial charge on any atom is 0.126 e. The van der Waals surface area contributed by atoms with Gasteiger partial charge in [-0.25, -0.2) is 0 Å². The fourth-order valence-corrected chi connectivity index (χ4v) is 2.94. The van der Waals surface area contributed by atoms with Gasteiger partial charge in [0.1, 0.15) is 5.75 Å². The Morgan fingerprint density at radius 1 is 1.18 bits per heavy atom. The van der Waals surface area contributed by atoms with Crippen molar-refractivity contribution >= 4 is 0 Å². The first kappa shape index (κ1) is 17.3. The Morgan fingerprint density at radius 2 is 1.82 bits per heavy atom. The van der Waals surface area contributed by atoms with Crippen molar-refractivity contribution in [3.8, 4) is 5.75 Å². The largest absolute Gasteiger partial charge is 0.496 e. The third-order valence-electron chi connectivity index (χ3n) is 4.38. The molecular formula is C19H31NO2. The summed E-state index contributed by atoms with van der Waals surface area (Å²) in [6.45, 7) is 15.9. The van der Waals surface area contributed by atoms with Gasteiger partial charge in [0, 0.05) is 25.2 Å². The Bertz CT molecular complexity index is 497. The van der Waals surface area contributed by atoms with Crippen molar-refractivity contribution in [2.45, 2.75) is 52.5 Å². The van der Waals surface area contributed by atoms with Gasteiger partial charge in [0.2, 0.25) is 0 Å². The van der Waals surface area contributed by atoms with Crippen molar-refractivity contribution in [3.05, 3.63) is 28.8 Å². The number of hydrogen-bond acceptors (Lipinski definition) is 3. The van der Waals surface area contributed by atoms with Gasteiger partial charge >= 0.3 is 0 Å². The zero-order valence-electron chi connectivity index (χ0n) is 15.0. The van der Waals surface area contributed by atoms with Gasteiger partial charge < -0.3 is 9.47 Å². The molecule has 3 nitrogen and oxygen atoms in total. The van der Waals surface area contributed by atoms with E-state index in [0.29, 0.717) is 5.92 Å². The topological polar surface area (TPSA) is 21.7 Å². The summed E-state index contributed by atoms with van der Waals surface area (Å²) in [5.41, 5.74) is 4.16. The highest BCUT2D eigenvalue weighted by atomic mass is 16.5. The van der Waals surface area contributed by atoms with Crippen LogP contribution in [0, 0.1) is 0 Å². The van der Waals surface area contributed by atoms with Crippen LogP contribution in [0.4, 0.5) is 0 Å². The molecule has 0 unspecified atom stereocenters. The molecule has 1 saturated heterocycles. The van der Waals surface area contributed by atoms with E-state index in [4.69, 9.17) is 9.47 Å². The molecule has 1 aromatic carbocycles. The van der Waals surface area contributed by atoms with Crippen molar-refractivity contribution in [1.82, 2.24) is 4.90 Å². The maximum atomic E-state index is 5.79. The van der Waals surface area contributed by atoms with E-state index in [0.717, 1.165) is 38.6 Å². The van der Waals surface area contributed by atoms with Crippen LogP contribution in [0.15, 0.2) is 12.1 Å². The fraction of sp³-hybridized carbons (Fsp3) is 0.684. The number of ether oxygens (including phenoxy) is 2. The predicted octanol–water partition coefficient (Wildman–Crippen LogP) is 3.95. The zero-order valence-corrected chi connectivity index (χ0v) is 15.0. The standard InChI is InChI=1S/C19H31NO2/c1-14(2)17-12-16(19(3,4)5)11-15(18(17)21-6)13-20-7-9-22-10-8-20/h11-12,14H,7-10,13H2,1-6H3. The Labute approximate surface area is 135 Å². The molecule has 1 aromatic rings. The minimum atomic E-state index is 0.148. The van der Waals surface area contributed by atoms with E-state index in [1.165, 1.54) is 16.7 Å². The molecule has 1 aliphatic rings. The van der Waals surface area contributed by atoms with Gasteiger partial charge in [-0.05, 0) is 22.5 Å². The first-order valence-electron chi connectivity index (χ1n) is 8.34. The molecule has 0 spiro atoms. The van der Waals surface area contributed by atoms with Crippen LogP contribution in [0.1, 0.15) is 57.2 Å². The van der Waals surface area contributed by atoms with E-state index in [-0.39, 0.29) is 5.41 Å². The summed E-state index contributed by atoms with van der Waals surface area (Å²) in [6, 6.07) is 4.66. The first-order valence-corrected chi connectivity index (χ1v) is 8.34. The van der Waals surface area contributed by atoms with Crippen LogP contribution >= 0.6 is 0 Å². The van der Waals surface area contributed by atoms with Crippen molar-refractivity contribution in [3.63, 3.8) is 0 Å². The van der Waals surface area contributed by atoms with E-state index in [1.807, 2.05) is 0 Å². The lowest BCUT2D eigenvalue weighted by atomic mass is 9.83. The van der Waals surface area contributed by atoms with Crippen LogP contribution in [-0.2, 0) is 16.7 Å². The summed E-state index contributed by atoms with van der Waals surface area (Å²) in [5, 5.41) is 0. The third-order valence-corrected chi connectivity index (χ3v) is 4.38. The summed E-state index contributed by atoms with van der Waals surface area (Å²) >= 11 is 0. The summed E-state index contributed by atoms with van der Waals surface area (Å²) in [6.07, 6.45) is 0. The van der Waals surface area contributed by atoms with E-state index >= 15 is 0 Å². The van der Waals surface area contributed by atoms with E-state index in [2.05, 4.69) is 51.7 Å². The molecule has 0 bridgehead atoms. The molecule has 124 valence electrons. The minimum Gasteiger partial charge on any atom is -0.496 e. The van der Waals surface area contributed by atoms with E-state index < -0.39 is 0 Å². The molecule has 0 atom stereocenters. The van der Waals surface area contributed by atoms with Gasteiger partial charge in [0.15, 0.2) is 0 Å². The molecule has 0 amide bonds. The number of benzene rings is 1. The molecule has 1 aliphatic heterocycles. The van der Waals surface area contributed by atoms with Gasteiger partial charge in [-0.3, -0.25) is 4.90 Å². The molecule has 1 fully saturated rings. The van der Waals surface area contributed by atoms with Crippen LogP contribution in [0.5, 0.6) is 5.75 Å². The van der Waals surface area contributed by atoms with Crippen LogP contribution < -0.4 is 4.74 Å². The van der Waals surface area contributed by atoms with Gasteiger partial charge in [0.25, 0.3) is 0 Å². The number of nitrogens with zero attached hydrogens (tertiary/aromatic N) is 1. The minimum absolute atomic E-state index is 0.148. The molecule has 22 heavy (non-hydrogen) atoms. The molecular weight excluding hydrogens is 274 g/mol. The van der Waals surface area contributed by atoms with Gasteiger partial charge in [-0.2, -0.15) is 0 Å². The number of rotatable bonds is 4. The molecule has 2 rings (SSSR count). The van der Waals surface area contributed by atoms with Crippen molar-refractivity contribution < 1.29 is 9.47 Å². The second-order valence-electron chi connectivity index (χ2n) is 7.55. The van der Waals surface area contributed by atoms with Crippen molar-refractivity contribution in [2.24, 2.45) is 0 Å². The van der Waals surface area contributed by atoms with Crippen LogP contribution in [-0.4, -0.2) is 38.3 Å². The highest BCUT2D eigenvalue weighted by Crippen LogP contribution is 2.36. The maximum absolute atomic E-state index is 5.79. The summed E-state index contributed by atoms with van der Waals surface area (Å²) in [7, 11) is 1.79. The highest BCUT2D eigenvalue weighted by Gasteiger charge is 2.22. The molecule has 0 N–H and O–H groups in total. The normalized spacial score (nSPS) is 17.0. The third kappa shape index (κ3) is 4.02. The van der Waals surface area contributed by atoms with E-state index in [1.54, 1.807) is 7.11 Å². The van der Waals surface area contributed by atoms with E-state index in [9.17, 15) is 0 Å². The number of methoxy groups -OCH3 is 1. The Hall–Kier alpha value is -1.06. The summed E-state index contributed by atoms with van der Waals surface area (Å²) in [5.74, 6) is 1.52. The SMILES string of the molecule is COc1c(CN2CCOCC2)cc(C(C)(C)C)cc1C(C)C. The molecule has 1 heterocycles. The summed E-state index contributed by atoms with van der Waals surface area (Å²) < 4.78 is 11.3.